The fourth-order valence-corrected chi connectivity index (χ4v) is 3.70. The van der Waals surface area contributed by atoms with Gasteiger partial charge < -0.3 is 24.2 Å². The van der Waals surface area contributed by atoms with Crippen molar-refractivity contribution in [2.24, 2.45) is 5.92 Å². The van der Waals surface area contributed by atoms with E-state index in [2.05, 4.69) is 25.4 Å². The van der Waals surface area contributed by atoms with E-state index < -0.39 is 0 Å². The quantitative estimate of drug-likeness (QED) is 0.701. The molecule has 0 aliphatic carbocycles. The van der Waals surface area contributed by atoms with Crippen molar-refractivity contribution in [2.45, 2.75) is 19.3 Å². The second kappa shape index (κ2) is 7.97. The van der Waals surface area contributed by atoms with Crippen LogP contribution >= 0.6 is 0 Å². The van der Waals surface area contributed by atoms with Crippen molar-refractivity contribution in [3.05, 3.63) is 42.7 Å². The minimum atomic E-state index is -0.135. The Morgan fingerprint density at radius 2 is 2.17 bits per heavy atom. The van der Waals surface area contributed by atoms with Crippen LogP contribution in [-0.4, -0.2) is 50.9 Å². The number of nitrogens with zero attached hydrogens (tertiary/aromatic N) is 5. The molecule has 0 radical (unpaired) electrons. The lowest BCUT2D eigenvalue weighted by Crippen LogP contribution is -2.42. The summed E-state index contributed by atoms with van der Waals surface area (Å²) in [4.78, 5) is 27.2. The van der Waals surface area contributed by atoms with Crippen LogP contribution in [0.2, 0.25) is 0 Å². The highest BCUT2D eigenvalue weighted by Gasteiger charge is 2.26. The van der Waals surface area contributed by atoms with Gasteiger partial charge in [0, 0.05) is 43.7 Å². The molecule has 3 aromatic rings. The Kier molecular flexibility index (Phi) is 4.88. The van der Waals surface area contributed by atoms with Gasteiger partial charge in [0.1, 0.15) is 5.69 Å². The third-order valence-electron chi connectivity index (χ3n) is 5.15. The molecule has 5 rings (SSSR count). The third-order valence-corrected chi connectivity index (χ3v) is 5.15. The summed E-state index contributed by atoms with van der Waals surface area (Å²) in [5.41, 5.74) is 1.25. The van der Waals surface area contributed by atoms with Crippen LogP contribution < -0.4 is 14.8 Å². The number of rotatable bonds is 4. The van der Waals surface area contributed by atoms with Gasteiger partial charge in [0.25, 0.3) is 0 Å². The number of hydrogen-bond acceptors (Lipinski definition) is 8. The van der Waals surface area contributed by atoms with Crippen LogP contribution in [0.1, 0.15) is 18.7 Å². The Morgan fingerprint density at radius 3 is 3.07 bits per heavy atom. The Hall–Kier alpha value is -3.69. The minimum absolute atomic E-state index is 0.135. The second-order valence-electron chi connectivity index (χ2n) is 7.26. The Morgan fingerprint density at radius 1 is 1.23 bits per heavy atom. The summed E-state index contributed by atoms with van der Waals surface area (Å²) in [6.07, 6.45) is 7.30. The maximum atomic E-state index is 12.7. The molecule has 2 aromatic heterocycles. The van der Waals surface area contributed by atoms with E-state index in [9.17, 15) is 4.79 Å². The first kappa shape index (κ1) is 18.3. The number of piperidine rings is 1. The molecule has 10 heteroatoms. The number of likely N-dealkylation sites (tertiary alicyclic amines) is 1. The highest BCUT2D eigenvalue weighted by Crippen LogP contribution is 2.34. The molecule has 154 valence electrons. The molecule has 1 saturated heterocycles. The predicted molar refractivity (Wildman–Crippen MR) is 105 cm³/mol. The highest BCUT2D eigenvalue weighted by atomic mass is 16.7. The minimum Gasteiger partial charge on any atom is -0.454 e. The molecule has 1 atom stereocenters. The molecule has 1 N–H and O–H groups in total. The van der Waals surface area contributed by atoms with Crippen LogP contribution in [-0.2, 0) is 6.42 Å². The number of aromatic nitrogens is 4. The van der Waals surface area contributed by atoms with Crippen molar-refractivity contribution in [3.8, 4) is 23.0 Å². The zero-order chi connectivity index (χ0) is 20.3. The first-order valence-electron chi connectivity index (χ1n) is 9.79. The summed E-state index contributed by atoms with van der Waals surface area (Å²) in [7, 11) is 0. The van der Waals surface area contributed by atoms with Gasteiger partial charge in [-0.1, -0.05) is 5.16 Å². The number of anilines is 1. The molecule has 1 fully saturated rings. The van der Waals surface area contributed by atoms with E-state index in [1.165, 1.54) is 0 Å². The van der Waals surface area contributed by atoms with Gasteiger partial charge in [-0.2, -0.15) is 4.98 Å². The summed E-state index contributed by atoms with van der Waals surface area (Å²) < 4.78 is 16.0. The number of carbonyl (C=O) groups is 1. The maximum absolute atomic E-state index is 12.7. The fraction of sp³-hybridized carbons (Fsp3) is 0.350. The molecular formula is C20H20N6O4. The molecule has 0 saturated carbocycles. The number of urea groups is 1. The van der Waals surface area contributed by atoms with Gasteiger partial charge >= 0.3 is 6.03 Å². The maximum Gasteiger partial charge on any atom is 0.321 e. The number of fused-ring (bicyclic) bond motifs is 1. The SMILES string of the molecule is O=C(Nc1ccc2c(c1)OCO2)N1CCCC(Cc2nc(-c3cnccn3)no2)C1. The van der Waals surface area contributed by atoms with E-state index in [1.54, 1.807) is 36.8 Å². The Labute approximate surface area is 172 Å². The van der Waals surface area contributed by atoms with Gasteiger partial charge in [0.05, 0.1) is 6.20 Å². The van der Waals surface area contributed by atoms with Gasteiger partial charge in [-0.25, -0.2) is 9.78 Å². The van der Waals surface area contributed by atoms with Crippen molar-refractivity contribution in [3.63, 3.8) is 0 Å². The lowest BCUT2D eigenvalue weighted by Gasteiger charge is -2.32. The number of hydrogen-bond donors (Lipinski definition) is 1. The number of benzene rings is 1. The fourth-order valence-electron chi connectivity index (χ4n) is 3.70. The van der Waals surface area contributed by atoms with Gasteiger partial charge in [-0.15, -0.1) is 0 Å². The zero-order valence-corrected chi connectivity index (χ0v) is 16.2. The second-order valence-corrected chi connectivity index (χ2v) is 7.26. The molecule has 0 bridgehead atoms. The summed E-state index contributed by atoms with van der Waals surface area (Å²) >= 11 is 0. The van der Waals surface area contributed by atoms with E-state index in [0.717, 1.165) is 12.8 Å². The van der Waals surface area contributed by atoms with Crippen molar-refractivity contribution in [1.29, 1.82) is 0 Å². The van der Waals surface area contributed by atoms with E-state index >= 15 is 0 Å². The molecule has 2 aliphatic heterocycles. The van der Waals surface area contributed by atoms with Crippen LogP contribution in [0.5, 0.6) is 11.5 Å². The van der Waals surface area contributed by atoms with Gasteiger partial charge in [0.15, 0.2) is 11.5 Å². The predicted octanol–water partition coefficient (Wildman–Crippen LogP) is 2.74. The van der Waals surface area contributed by atoms with Crippen molar-refractivity contribution < 1.29 is 18.8 Å². The average molecular weight is 408 g/mol. The lowest BCUT2D eigenvalue weighted by atomic mass is 9.95. The van der Waals surface area contributed by atoms with Crippen LogP contribution in [0.25, 0.3) is 11.5 Å². The van der Waals surface area contributed by atoms with E-state index in [-0.39, 0.29) is 18.7 Å². The van der Waals surface area contributed by atoms with E-state index in [0.29, 0.717) is 54.1 Å². The Bertz CT molecular complexity index is 1040. The number of nitrogens with one attached hydrogen (secondary N) is 1. The van der Waals surface area contributed by atoms with Crippen molar-refractivity contribution in [2.75, 3.05) is 25.2 Å². The molecule has 30 heavy (non-hydrogen) atoms. The Balaban J connectivity index is 1.20. The summed E-state index contributed by atoms with van der Waals surface area (Å²) in [6.45, 7) is 1.54. The number of amides is 2. The van der Waals surface area contributed by atoms with Crippen LogP contribution in [0.3, 0.4) is 0 Å². The summed E-state index contributed by atoms with van der Waals surface area (Å²) in [6, 6.07) is 5.23. The molecule has 10 nitrogen and oxygen atoms in total. The van der Waals surface area contributed by atoms with Crippen molar-refractivity contribution in [1.82, 2.24) is 25.0 Å². The van der Waals surface area contributed by atoms with Crippen LogP contribution in [0.15, 0.2) is 41.3 Å². The molecule has 4 heterocycles. The zero-order valence-electron chi connectivity index (χ0n) is 16.2. The van der Waals surface area contributed by atoms with Gasteiger partial charge in [-0.3, -0.25) is 4.98 Å². The van der Waals surface area contributed by atoms with Gasteiger partial charge in [-0.05, 0) is 30.9 Å². The summed E-state index contributed by atoms with van der Waals surface area (Å²) in [5.74, 6) is 2.53. The first-order valence-corrected chi connectivity index (χ1v) is 9.79. The normalized spacial score (nSPS) is 17.7. The first-order chi connectivity index (χ1) is 14.7. The molecule has 0 spiro atoms. The smallest absolute Gasteiger partial charge is 0.321 e. The lowest BCUT2D eigenvalue weighted by molar-refractivity contribution is 0.173. The largest absolute Gasteiger partial charge is 0.454 e. The average Bonchev–Trinajstić information content (AvgIpc) is 3.44. The van der Waals surface area contributed by atoms with Crippen LogP contribution in [0.4, 0.5) is 10.5 Å². The monoisotopic (exact) mass is 408 g/mol. The standard InChI is InChI=1S/C20H20N6O4/c27-20(23-14-3-4-16-17(9-14)29-12-28-16)26-7-1-2-13(11-26)8-18-24-19(25-30-18)15-10-21-5-6-22-15/h3-6,9-10,13H,1-2,7-8,11-12H2,(H,23,27). The topological polar surface area (TPSA) is 116 Å². The molecule has 1 aromatic carbocycles. The number of ether oxygens (including phenoxy) is 2. The molecule has 2 aliphatic rings. The van der Waals surface area contributed by atoms with E-state index in [4.69, 9.17) is 14.0 Å². The highest BCUT2D eigenvalue weighted by molar-refractivity contribution is 5.89. The molecule has 1 unspecified atom stereocenters. The summed E-state index contributed by atoms with van der Waals surface area (Å²) in [5, 5.41) is 6.92. The van der Waals surface area contributed by atoms with Crippen molar-refractivity contribution >= 4 is 11.7 Å². The third kappa shape index (κ3) is 3.88. The van der Waals surface area contributed by atoms with E-state index in [1.807, 2.05) is 4.90 Å². The van der Waals surface area contributed by atoms with Gasteiger partial charge in [0.2, 0.25) is 18.5 Å². The van der Waals surface area contributed by atoms with Crippen LogP contribution in [0, 0.1) is 5.92 Å². The molecular weight excluding hydrogens is 388 g/mol. The number of carbonyl (C=O) groups excluding carboxylic acids is 1. The molecule has 2 amide bonds.